The molecule has 1 amide bonds. The highest BCUT2D eigenvalue weighted by molar-refractivity contribution is 6.02. The third-order valence-electron chi connectivity index (χ3n) is 2.69. The van der Waals surface area contributed by atoms with E-state index in [9.17, 15) is 9.59 Å². The Labute approximate surface area is 115 Å². The minimum absolute atomic E-state index is 0.168. The fraction of sp³-hybridized carbons (Fsp3) is 0.385. The van der Waals surface area contributed by atoms with Crippen molar-refractivity contribution in [2.75, 3.05) is 5.32 Å². The van der Waals surface area contributed by atoms with E-state index in [2.05, 4.69) is 15.6 Å². The predicted molar refractivity (Wildman–Crippen MR) is 72.6 cm³/mol. The first kappa shape index (κ1) is 14.0. The molecule has 0 aliphatic rings. The van der Waals surface area contributed by atoms with Gasteiger partial charge in [0.2, 0.25) is 0 Å². The number of rotatable bonds is 5. The highest BCUT2D eigenvalue weighted by Gasteiger charge is 2.11. The summed E-state index contributed by atoms with van der Waals surface area (Å²) in [6, 6.07) is 4.34. The summed E-state index contributed by atoms with van der Waals surface area (Å²) in [4.78, 5) is 23.6. The molecule has 0 spiro atoms. The summed E-state index contributed by atoms with van der Waals surface area (Å²) in [5.41, 5.74) is -0.0476. The molecule has 0 aliphatic carbocycles. The Morgan fingerprint density at radius 2 is 2.25 bits per heavy atom. The van der Waals surface area contributed by atoms with E-state index in [1.807, 2.05) is 6.92 Å². The van der Waals surface area contributed by atoms with Gasteiger partial charge in [0.1, 0.15) is 11.5 Å². The summed E-state index contributed by atoms with van der Waals surface area (Å²) in [5.74, 6) is 0.491. The zero-order chi connectivity index (χ0) is 14.5. The molecule has 0 aliphatic heterocycles. The highest BCUT2D eigenvalue weighted by atomic mass is 16.5. The molecule has 0 bridgehead atoms. The topological polar surface area (TPSA) is 90.0 Å². The summed E-state index contributed by atoms with van der Waals surface area (Å²) in [6.45, 7) is 4.25. The minimum atomic E-state index is -0.427. The van der Waals surface area contributed by atoms with Crippen molar-refractivity contribution in [2.24, 2.45) is 0 Å². The van der Waals surface area contributed by atoms with Crippen LogP contribution in [-0.4, -0.2) is 20.8 Å². The van der Waals surface area contributed by atoms with Gasteiger partial charge in [0.15, 0.2) is 5.82 Å². The molecular formula is C13H16N4O3. The second-order valence-corrected chi connectivity index (χ2v) is 4.41. The molecule has 7 nitrogen and oxygen atoms in total. The second-order valence-electron chi connectivity index (χ2n) is 4.41. The van der Waals surface area contributed by atoms with Gasteiger partial charge >= 0.3 is 0 Å². The highest BCUT2D eigenvalue weighted by Crippen LogP contribution is 2.08. The maximum atomic E-state index is 12.0. The largest absolute Gasteiger partial charge is 0.360 e. The molecule has 0 unspecified atom stereocenters. The number of carbonyl (C=O) groups is 1. The van der Waals surface area contributed by atoms with Crippen LogP contribution in [0, 0.1) is 6.92 Å². The number of aryl methyl sites for hydroxylation is 2. The average molecular weight is 276 g/mol. The Morgan fingerprint density at radius 1 is 1.45 bits per heavy atom. The third-order valence-corrected chi connectivity index (χ3v) is 2.69. The van der Waals surface area contributed by atoms with E-state index >= 15 is 0 Å². The van der Waals surface area contributed by atoms with Crippen molar-refractivity contribution in [3.05, 3.63) is 40.0 Å². The molecule has 1 N–H and O–H groups in total. The van der Waals surface area contributed by atoms with E-state index in [0.717, 1.165) is 12.8 Å². The van der Waals surface area contributed by atoms with Gasteiger partial charge in [-0.05, 0) is 19.4 Å². The standard InChI is InChI=1S/C13H16N4O3/c1-3-4-7-17-12(18)6-5-10(15-17)13(19)14-11-8-9(2)20-16-11/h5-6,8H,3-4,7H2,1-2H3,(H,14,16,19). The van der Waals surface area contributed by atoms with Crippen LogP contribution in [0.5, 0.6) is 0 Å². The van der Waals surface area contributed by atoms with E-state index in [1.165, 1.54) is 16.8 Å². The first-order valence-corrected chi connectivity index (χ1v) is 6.43. The second kappa shape index (κ2) is 6.14. The van der Waals surface area contributed by atoms with Crippen LogP contribution in [-0.2, 0) is 6.54 Å². The molecule has 106 valence electrons. The fourth-order valence-corrected chi connectivity index (χ4v) is 1.64. The molecule has 2 heterocycles. The van der Waals surface area contributed by atoms with Gasteiger partial charge in [0.25, 0.3) is 11.5 Å². The van der Waals surface area contributed by atoms with Gasteiger partial charge in [-0.1, -0.05) is 18.5 Å². The van der Waals surface area contributed by atoms with Crippen LogP contribution >= 0.6 is 0 Å². The Balaban J connectivity index is 2.15. The SMILES string of the molecule is CCCCn1nc(C(=O)Nc2cc(C)on2)ccc1=O. The molecule has 0 atom stereocenters. The number of anilines is 1. The lowest BCUT2D eigenvalue weighted by Crippen LogP contribution is -2.26. The lowest BCUT2D eigenvalue weighted by Gasteiger charge is -2.05. The summed E-state index contributed by atoms with van der Waals surface area (Å²) >= 11 is 0. The molecule has 0 saturated heterocycles. The molecule has 2 aromatic heterocycles. The number of hydrogen-bond donors (Lipinski definition) is 1. The van der Waals surface area contributed by atoms with E-state index in [1.54, 1.807) is 13.0 Å². The number of aromatic nitrogens is 3. The number of carbonyl (C=O) groups excluding carboxylic acids is 1. The molecule has 0 radical (unpaired) electrons. The molecule has 2 rings (SSSR count). The monoisotopic (exact) mass is 276 g/mol. The van der Waals surface area contributed by atoms with Gasteiger partial charge < -0.3 is 9.84 Å². The number of hydrogen-bond acceptors (Lipinski definition) is 5. The van der Waals surface area contributed by atoms with Crippen LogP contribution in [0.25, 0.3) is 0 Å². The zero-order valence-electron chi connectivity index (χ0n) is 11.4. The van der Waals surface area contributed by atoms with Crippen LogP contribution in [0.2, 0.25) is 0 Å². The van der Waals surface area contributed by atoms with Crippen molar-refractivity contribution in [1.82, 2.24) is 14.9 Å². The van der Waals surface area contributed by atoms with Gasteiger partial charge in [0.05, 0.1) is 0 Å². The van der Waals surface area contributed by atoms with Crippen LogP contribution in [0.1, 0.15) is 36.0 Å². The lowest BCUT2D eigenvalue weighted by molar-refractivity contribution is 0.101. The Bertz CT molecular complexity index is 660. The first-order valence-electron chi connectivity index (χ1n) is 6.43. The van der Waals surface area contributed by atoms with Crippen LogP contribution in [0.15, 0.2) is 27.5 Å². The van der Waals surface area contributed by atoms with Crippen LogP contribution in [0.4, 0.5) is 5.82 Å². The molecule has 7 heteroatoms. The average Bonchev–Trinajstić information content (AvgIpc) is 2.83. The van der Waals surface area contributed by atoms with Gasteiger partial charge in [-0.25, -0.2) is 4.68 Å². The van der Waals surface area contributed by atoms with Crippen molar-refractivity contribution >= 4 is 11.7 Å². The number of amides is 1. The number of nitrogens with one attached hydrogen (secondary N) is 1. The van der Waals surface area contributed by atoms with Gasteiger partial charge in [-0.15, -0.1) is 0 Å². The van der Waals surface area contributed by atoms with Crippen molar-refractivity contribution in [3.63, 3.8) is 0 Å². The first-order chi connectivity index (χ1) is 9.60. The van der Waals surface area contributed by atoms with E-state index in [4.69, 9.17) is 4.52 Å². The van der Waals surface area contributed by atoms with Gasteiger partial charge in [0, 0.05) is 18.7 Å². The van der Waals surface area contributed by atoms with E-state index in [-0.39, 0.29) is 11.3 Å². The predicted octanol–water partition coefficient (Wildman–Crippen LogP) is 1.59. The molecule has 0 aromatic carbocycles. The fourth-order valence-electron chi connectivity index (χ4n) is 1.64. The van der Waals surface area contributed by atoms with Crippen molar-refractivity contribution in [1.29, 1.82) is 0 Å². The molecule has 0 fully saturated rings. The normalized spacial score (nSPS) is 10.5. The van der Waals surface area contributed by atoms with Crippen LogP contribution < -0.4 is 10.9 Å². The van der Waals surface area contributed by atoms with Gasteiger partial charge in [-0.3, -0.25) is 9.59 Å². The number of unbranched alkanes of at least 4 members (excludes halogenated alkanes) is 1. The maximum absolute atomic E-state index is 12.0. The third kappa shape index (κ3) is 3.31. The van der Waals surface area contributed by atoms with E-state index < -0.39 is 5.91 Å². The summed E-state index contributed by atoms with van der Waals surface area (Å²) in [7, 11) is 0. The summed E-state index contributed by atoms with van der Waals surface area (Å²) < 4.78 is 6.15. The van der Waals surface area contributed by atoms with Crippen molar-refractivity contribution in [3.8, 4) is 0 Å². The molecule has 2 aromatic rings. The molecule has 20 heavy (non-hydrogen) atoms. The molecule has 0 saturated carbocycles. The quantitative estimate of drug-likeness (QED) is 0.895. The maximum Gasteiger partial charge on any atom is 0.277 e. The smallest absolute Gasteiger partial charge is 0.277 e. The van der Waals surface area contributed by atoms with Gasteiger partial charge in [-0.2, -0.15) is 5.10 Å². The number of nitrogens with zero attached hydrogens (tertiary/aromatic N) is 3. The summed E-state index contributed by atoms with van der Waals surface area (Å²) in [5, 5.41) is 10.3. The van der Waals surface area contributed by atoms with E-state index in [0.29, 0.717) is 18.1 Å². The van der Waals surface area contributed by atoms with Crippen molar-refractivity contribution < 1.29 is 9.32 Å². The Hall–Kier alpha value is -2.44. The summed E-state index contributed by atoms with van der Waals surface area (Å²) in [6.07, 6.45) is 1.78. The lowest BCUT2D eigenvalue weighted by atomic mass is 10.3. The van der Waals surface area contributed by atoms with Crippen LogP contribution in [0.3, 0.4) is 0 Å². The Morgan fingerprint density at radius 3 is 2.90 bits per heavy atom. The van der Waals surface area contributed by atoms with Crippen molar-refractivity contribution in [2.45, 2.75) is 33.2 Å². The zero-order valence-corrected chi connectivity index (χ0v) is 11.4. The Kier molecular flexibility index (Phi) is 4.29. The minimum Gasteiger partial charge on any atom is -0.360 e. The molecular weight excluding hydrogens is 260 g/mol.